The molecular weight excluding hydrogens is 422 g/mol. The predicted octanol–water partition coefficient (Wildman–Crippen LogP) is 6.15. The topological polar surface area (TPSA) is 55.8 Å². The highest BCUT2D eigenvalue weighted by Gasteiger charge is 2.37. The van der Waals surface area contributed by atoms with Crippen molar-refractivity contribution in [1.29, 1.82) is 0 Å². The Labute approximate surface area is 186 Å². The maximum Gasteiger partial charge on any atom is 0.293 e. The van der Waals surface area contributed by atoms with E-state index in [1.807, 2.05) is 63.2 Å². The first-order valence-corrected chi connectivity index (χ1v) is 11.0. The summed E-state index contributed by atoms with van der Waals surface area (Å²) >= 11 is 6.89. The predicted molar refractivity (Wildman–Crippen MR) is 121 cm³/mol. The fourth-order valence-electron chi connectivity index (χ4n) is 2.94. The van der Waals surface area contributed by atoms with Crippen LogP contribution in [0.2, 0.25) is 5.02 Å². The largest absolute Gasteiger partial charge is 0.490 e. The van der Waals surface area contributed by atoms with Gasteiger partial charge in [0.2, 0.25) is 0 Å². The van der Waals surface area contributed by atoms with Crippen LogP contribution in [0.15, 0.2) is 47.4 Å². The van der Waals surface area contributed by atoms with E-state index in [1.54, 1.807) is 6.08 Å². The standard InChI is InChI=1S/C23H24ClNO4S/c1-4-15(3)25-22(26)21(30-23(25)27)13-17-8-11-19(20(12-17)28-5-2)29-14-16-6-9-18(24)10-7-16/h6-13,15H,4-5,14H2,1-3H3/b21-13+/t15-/m1/s1. The maximum atomic E-state index is 12.6. The summed E-state index contributed by atoms with van der Waals surface area (Å²) in [5.41, 5.74) is 1.76. The van der Waals surface area contributed by atoms with E-state index >= 15 is 0 Å². The summed E-state index contributed by atoms with van der Waals surface area (Å²) in [7, 11) is 0. The van der Waals surface area contributed by atoms with Crippen LogP contribution >= 0.6 is 23.4 Å². The van der Waals surface area contributed by atoms with Crippen molar-refractivity contribution in [2.45, 2.75) is 39.8 Å². The van der Waals surface area contributed by atoms with Gasteiger partial charge in [0.1, 0.15) is 6.61 Å². The Kier molecular flexibility index (Phi) is 7.45. The van der Waals surface area contributed by atoms with E-state index in [4.69, 9.17) is 21.1 Å². The third-order valence-corrected chi connectivity index (χ3v) is 5.86. The van der Waals surface area contributed by atoms with Gasteiger partial charge in [-0.25, -0.2) is 0 Å². The van der Waals surface area contributed by atoms with Gasteiger partial charge in [0, 0.05) is 11.1 Å². The van der Waals surface area contributed by atoms with Gasteiger partial charge >= 0.3 is 0 Å². The van der Waals surface area contributed by atoms with E-state index in [1.165, 1.54) is 4.90 Å². The maximum absolute atomic E-state index is 12.6. The number of rotatable bonds is 8. The van der Waals surface area contributed by atoms with Crippen LogP contribution in [0.25, 0.3) is 6.08 Å². The molecule has 1 heterocycles. The zero-order chi connectivity index (χ0) is 21.7. The van der Waals surface area contributed by atoms with Gasteiger partial charge in [-0.05, 0) is 73.5 Å². The van der Waals surface area contributed by atoms with Crippen molar-refractivity contribution in [2.75, 3.05) is 6.61 Å². The van der Waals surface area contributed by atoms with E-state index in [0.717, 1.165) is 29.3 Å². The molecule has 1 aliphatic heterocycles. The number of hydrogen-bond donors (Lipinski definition) is 0. The van der Waals surface area contributed by atoms with Crippen molar-refractivity contribution in [3.05, 3.63) is 63.5 Å². The van der Waals surface area contributed by atoms with Crippen molar-refractivity contribution < 1.29 is 19.1 Å². The molecule has 0 radical (unpaired) electrons. The van der Waals surface area contributed by atoms with Gasteiger partial charge in [-0.1, -0.05) is 36.7 Å². The minimum Gasteiger partial charge on any atom is -0.490 e. The van der Waals surface area contributed by atoms with Crippen LogP contribution in [0.1, 0.15) is 38.3 Å². The number of carbonyl (C=O) groups is 2. The molecule has 0 saturated carbocycles. The molecule has 3 rings (SSSR count). The van der Waals surface area contributed by atoms with Crippen LogP contribution < -0.4 is 9.47 Å². The molecule has 7 heteroatoms. The van der Waals surface area contributed by atoms with Crippen LogP contribution in [0, 0.1) is 0 Å². The first-order chi connectivity index (χ1) is 14.4. The third-order valence-electron chi connectivity index (χ3n) is 4.73. The minimum absolute atomic E-state index is 0.119. The number of imide groups is 1. The lowest BCUT2D eigenvalue weighted by molar-refractivity contribution is -0.124. The summed E-state index contributed by atoms with van der Waals surface area (Å²) in [6, 6.07) is 12.8. The van der Waals surface area contributed by atoms with Crippen LogP contribution in [0.4, 0.5) is 4.79 Å². The molecule has 0 aliphatic carbocycles. The molecule has 0 bridgehead atoms. The summed E-state index contributed by atoms with van der Waals surface area (Å²) in [6.45, 7) is 6.58. The Balaban J connectivity index is 1.79. The second-order valence-electron chi connectivity index (χ2n) is 6.86. The molecular formula is C23H24ClNO4S. The second-order valence-corrected chi connectivity index (χ2v) is 8.29. The molecule has 1 atom stereocenters. The molecule has 0 spiro atoms. The van der Waals surface area contributed by atoms with Gasteiger partial charge in [0.25, 0.3) is 11.1 Å². The lowest BCUT2D eigenvalue weighted by Crippen LogP contribution is -2.36. The molecule has 0 aromatic heterocycles. The summed E-state index contributed by atoms with van der Waals surface area (Å²) in [6.07, 6.45) is 2.44. The number of halogens is 1. The molecule has 1 aliphatic rings. The normalized spacial score (nSPS) is 16.3. The zero-order valence-corrected chi connectivity index (χ0v) is 18.8. The van der Waals surface area contributed by atoms with Crippen molar-refractivity contribution in [1.82, 2.24) is 4.90 Å². The zero-order valence-electron chi connectivity index (χ0n) is 17.2. The Hall–Kier alpha value is -2.44. The van der Waals surface area contributed by atoms with Crippen LogP contribution in [0.3, 0.4) is 0 Å². The number of hydrogen-bond acceptors (Lipinski definition) is 5. The second kappa shape index (κ2) is 10.0. The van der Waals surface area contributed by atoms with Gasteiger partial charge in [-0.2, -0.15) is 0 Å². The Morgan fingerprint density at radius 2 is 1.80 bits per heavy atom. The molecule has 0 unspecified atom stereocenters. The molecule has 5 nitrogen and oxygen atoms in total. The fraction of sp³-hybridized carbons (Fsp3) is 0.304. The Morgan fingerprint density at radius 1 is 1.07 bits per heavy atom. The van der Waals surface area contributed by atoms with Crippen molar-refractivity contribution in [2.24, 2.45) is 0 Å². The van der Waals surface area contributed by atoms with Crippen molar-refractivity contribution >= 4 is 40.6 Å². The molecule has 1 fully saturated rings. The van der Waals surface area contributed by atoms with E-state index in [2.05, 4.69) is 0 Å². The number of carbonyl (C=O) groups excluding carboxylic acids is 2. The van der Waals surface area contributed by atoms with Gasteiger partial charge < -0.3 is 9.47 Å². The highest BCUT2D eigenvalue weighted by atomic mass is 35.5. The molecule has 1 saturated heterocycles. The van der Waals surface area contributed by atoms with Gasteiger partial charge in [-0.3, -0.25) is 14.5 Å². The highest BCUT2D eigenvalue weighted by Crippen LogP contribution is 2.36. The third kappa shape index (κ3) is 5.18. The lowest BCUT2D eigenvalue weighted by Gasteiger charge is -2.19. The van der Waals surface area contributed by atoms with Crippen LogP contribution in [-0.4, -0.2) is 28.7 Å². The quantitative estimate of drug-likeness (QED) is 0.456. The van der Waals surface area contributed by atoms with Crippen molar-refractivity contribution in [3.63, 3.8) is 0 Å². The molecule has 158 valence electrons. The van der Waals surface area contributed by atoms with E-state index in [0.29, 0.717) is 34.6 Å². The van der Waals surface area contributed by atoms with E-state index in [-0.39, 0.29) is 17.2 Å². The Bertz CT molecular complexity index is 958. The van der Waals surface area contributed by atoms with E-state index < -0.39 is 0 Å². The Morgan fingerprint density at radius 3 is 2.47 bits per heavy atom. The summed E-state index contributed by atoms with van der Waals surface area (Å²) in [4.78, 5) is 26.6. The van der Waals surface area contributed by atoms with Gasteiger partial charge in [0.05, 0.1) is 11.5 Å². The summed E-state index contributed by atoms with van der Waals surface area (Å²) < 4.78 is 11.6. The fourth-order valence-corrected chi connectivity index (χ4v) is 3.99. The number of nitrogens with zero attached hydrogens (tertiary/aromatic N) is 1. The first-order valence-electron chi connectivity index (χ1n) is 9.84. The van der Waals surface area contributed by atoms with Gasteiger partial charge in [0.15, 0.2) is 11.5 Å². The smallest absolute Gasteiger partial charge is 0.293 e. The first kappa shape index (κ1) is 22.2. The molecule has 0 N–H and O–H groups in total. The minimum atomic E-state index is -0.250. The number of thioether (sulfide) groups is 1. The lowest BCUT2D eigenvalue weighted by atomic mass is 10.1. The average Bonchev–Trinajstić information content (AvgIpc) is 3.01. The monoisotopic (exact) mass is 445 g/mol. The van der Waals surface area contributed by atoms with Gasteiger partial charge in [-0.15, -0.1) is 0 Å². The molecule has 30 heavy (non-hydrogen) atoms. The molecule has 2 amide bonds. The van der Waals surface area contributed by atoms with Crippen LogP contribution in [-0.2, 0) is 11.4 Å². The number of ether oxygens (including phenoxy) is 2. The average molecular weight is 446 g/mol. The highest BCUT2D eigenvalue weighted by molar-refractivity contribution is 8.18. The summed E-state index contributed by atoms with van der Waals surface area (Å²) in [5, 5.41) is 0.449. The van der Waals surface area contributed by atoms with Crippen LogP contribution in [0.5, 0.6) is 11.5 Å². The summed E-state index contributed by atoms with van der Waals surface area (Å²) in [5.74, 6) is 0.943. The van der Waals surface area contributed by atoms with Crippen molar-refractivity contribution in [3.8, 4) is 11.5 Å². The molecule has 2 aromatic rings. The SMILES string of the molecule is CCOc1cc(/C=C2/SC(=O)N([C@H](C)CC)C2=O)ccc1OCc1ccc(Cl)cc1. The number of benzene rings is 2. The number of amides is 2. The molecule has 2 aromatic carbocycles. The van der Waals surface area contributed by atoms with E-state index in [9.17, 15) is 9.59 Å².